The van der Waals surface area contributed by atoms with Gasteiger partial charge in [-0.25, -0.2) is 0 Å². The zero-order valence-corrected chi connectivity index (χ0v) is 14.7. The average Bonchev–Trinajstić information content (AvgIpc) is 3.08. The molecule has 1 aliphatic rings. The molecule has 9 heteroatoms. The van der Waals surface area contributed by atoms with Crippen LogP contribution < -0.4 is 0 Å². The molecule has 0 amide bonds. The largest absolute Gasteiger partial charge is 0.388 e. The highest BCUT2D eigenvalue weighted by molar-refractivity contribution is 5.86. The summed E-state index contributed by atoms with van der Waals surface area (Å²) >= 11 is 0. The molecule has 0 saturated heterocycles. The first-order valence-corrected chi connectivity index (χ1v) is 8.68. The van der Waals surface area contributed by atoms with Gasteiger partial charge in [-0.3, -0.25) is 25.0 Å². The highest BCUT2D eigenvalue weighted by Gasteiger charge is 2.42. The lowest BCUT2D eigenvalue weighted by molar-refractivity contribution is -0.385. The smallest absolute Gasteiger partial charge is 0.269 e. The van der Waals surface area contributed by atoms with Crippen LogP contribution in [0.1, 0.15) is 36.2 Å². The number of carbonyl (C=O) groups is 1. The minimum absolute atomic E-state index is 0.111. The molecule has 2 aromatic rings. The molecule has 146 valence electrons. The molecule has 0 spiro atoms. The molecule has 1 fully saturated rings. The van der Waals surface area contributed by atoms with E-state index in [1.165, 1.54) is 48.5 Å². The maximum Gasteiger partial charge on any atom is 0.269 e. The molecular weight excluding hydrogens is 368 g/mol. The Labute approximate surface area is 159 Å². The molecule has 4 atom stereocenters. The third-order valence-corrected chi connectivity index (χ3v) is 5.17. The number of ketones is 1. The monoisotopic (exact) mass is 386 g/mol. The van der Waals surface area contributed by atoms with Gasteiger partial charge in [0.25, 0.3) is 11.4 Å². The molecule has 0 radical (unpaired) electrons. The third kappa shape index (κ3) is 3.75. The van der Waals surface area contributed by atoms with Gasteiger partial charge < -0.3 is 10.2 Å². The molecule has 28 heavy (non-hydrogen) atoms. The number of hydrogen-bond acceptors (Lipinski definition) is 7. The Kier molecular flexibility index (Phi) is 5.48. The highest BCUT2D eigenvalue weighted by Crippen LogP contribution is 2.42. The third-order valence-electron chi connectivity index (χ3n) is 5.17. The molecule has 1 aliphatic carbocycles. The summed E-state index contributed by atoms with van der Waals surface area (Å²) in [6.07, 6.45) is -1.51. The number of non-ortho nitro benzene ring substituents is 2. The Balaban J connectivity index is 1.72. The summed E-state index contributed by atoms with van der Waals surface area (Å²) in [6.45, 7) is 0. The van der Waals surface area contributed by atoms with Gasteiger partial charge in [-0.05, 0) is 48.2 Å². The molecule has 2 N–H and O–H groups in total. The van der Waals surface area contributed by atoms with Crippen LogP contribution in [0, 0.1) is 32.1 Å². The van der Waals surface area contributed by atoms with Crippen LogP contribution >= 0.6 is 0 Å². The topological polar surface area (TPSA) is 144 Å². The van der Waals surface area contributed by atoms with Gasteiger partial charge in [0.05, 0.1) is 22.1 Å². The normalized spacial score (nSPS) is 21.3. The van der Waals surface area contributed by atoms with E-state index in [4.69, 9.17) is 0 Å². The van der Waals surface area contributed by atoms with E-state index >= 15 is 0 Å². The predicted molar refractivity (Wildman–Crippen MR) is 97.3 cm³/mol. The molecule has 0 bridgehead atoms. The fourth-order valence-electron chi connectivity index (χ4n) is 3.60. The van der Waals surface area contributed by atoms with Gasteiger partial charge in [-0.1, -0.05) is 0 Å². The first kappa shape index (κ1) is 19.6. The standard InChI is InChI=1S/C19H18N2O7/c22-17(11-1-5-13(6-2-11)20(25)26)15-9-10-16(19(15)24)18(23)12-3-7-14(8-4-12)21(27)28/h1-8,15-18,22-23H,9-10H2. The summed E-state index contributed by atoms with van der Waals surface area (Å²) < 4.78 is 0. The van der Waals surface area contributed by atoms with Gasteiger partial charge in [0.15, 0.2) is 0 Å². The second-order valence-corrected chi connectivity index (χ2v) is 6.78. The van der Waals surface area contributed by atoms with Crippen LogP contribution in [0.15, 0.2) is 48.5 Å². The average molecular weight is 386 g/mol. The number of aliphatic hydroxyl groups excluding tert-OH is 2. The minimum Gasteiger partial charge on any atom is -0.388 e. The minimum atomic E-state index is -1.12. The number of nitro benzene ring substituents is 2. The van der Waals surface area contributed by atoms with Crippen LogP contribution in [-0.4, -0.2) is 25.8 Å². The van der Waals surface area contributed by atoms with Crippen LogP contribution in [0.5, 0.6) is 0 Å². The SMILES string of the molecule is O=C1C(C(O)c2ccc([N+](=O)[O-])cc2)CCC1C(O)c1ccc([N+](=O)[O-])cc1. The summed E-state index contributed by atoms with van der Waals surface area (Å²) in [5.74, 6) is -1.74. The van der Waals surface area contributed by atoms with Gasteiger partial charge in [-0.15, -0.1) is 0 Å². The van der Waals surface area contributed by atoms with Crippen LogP contribution in [0.2, 0.25) is 0 Å². The fourth-order valence-corrected chi connectivity index (χ4v) is 3.60. The van der Waals surface area contributed by atoms with E-state index in [1.54, 1.807) is 0 Å². The molecule has 2 aromatic carbocycles. The van der Waals surface area contributed by atoms with Gasteiger partial charge in [0, 0.05) is 36.1 Å². The van der Waals surface area contributed by atoms with E-state index in [1.807, 2.05) is 0 Å². The second kappa shape index (κ2) is 7.83. The van der Waals surface area contributed by atoms with Gasteiger partial charge in [-0.2, -0.15) is 0 Å². The van der Waals surface area contributed by atoms with E-state index in [2.05, 4.69) is 0 Å². The lowest BCUT2D eigenvalue weighted by atomic mass is 9.89. The number of hydrogen-bond donors (Lipinski definition) is 2. The van der Waals surface area contributed by atoms with Gasteiger partial charge >= 0.3 is 0 Å². The van der Waals surface area contributed by atoms with Gasteiger partial charge in [0.2, 0.25) is 0 Å². The number of nitro groups is 2. The first-order valence-electron chi connectivity index (χ1n) is 8.68. The van der Waals surface area contributed by atoms with Crippen molar-refractivity contribution in [3.05, 3.63) is 79.9 Å². The lowest BCUT2D eigenvalue weighted by Crippen LogP contribution is -2.24. The quantitative estimate of drug-likeness (QED) is 0.573. The van der Waals surface area contributed by atoms with E-state index < -0.39 is 33.9 Å². The fraction of sp³-hybridized carbons (Fsp3) is 0.316. The number of nitrogens with zero attached hydrogens (tertiary/aromatic N) is 2. The number of carbonyl (C=O) groups excluding carboxylic acids is 1. The van der Waals surface area contributed by atoms with Crippen LogP contribution in [-0.2, 0) is 4.79 Å². The molecule has 0 aliphatic heterocycles. The maximum absolute atomic E-state index is 12.7. The number of aliphatic hydroxyl groups is 2. The summed E-state index contributed by atoms with van der Waals surface area (Å²) in [5.41, 5.74) is 0.573. The first-order chi connectivity index (χ1) is 13.3. The Morgan fingerprint density at radius 3 is 1.36 bits per heavy atom. The van der Waals surface area contributed by atoms with Crippen molar-refractivity contribution < 1.29 is 24.9 Å². The van der Waals surface area contributed by atoms with Crippen molar-refractivity contribution in [3.63, 3.8) is 0 Å². The number of benzene rings is 2. The van der Waals surface area contributed by atoms with E-state index in [9.17, 15) is 35.2 Å². The molecular formula is C19H18N2O7. The van der Waals surface area contributed by atoms with E-state index in [0.717, 1.165) is 0 Å². The van der Waals surface area contributed by atoms with Crippen molar-refractivity contribution in [2.75, 3.05) is 0 Å². The molecule has 9 nitrogen and oxygen atoms in total. The van der Waals surface area contributed by atoms with Crippen molar-refractivity contribution in [3.8, 4) is 0 Å². The molecule has 3 rings (SSSR count). The molecule has 0 heterocycles. The Hall–Kier alpha value is -3.17. The Morgan fingerprint density at radius 1 is 0.750 bits per heavy atom. The maximum atomic E-state index is 12.7. The number of rotatable bonds is 6. The molecule has 4 unspecified atom stereocenters. The van der Waals surface area contributed by atoms with Crippen LogP contribution in [0.25, 0.3) is 0 Å². The van der Waals surface area contributed by atoms with Crippen molar-refractivity contribution >= 4 is 17.2 Å². The summed E-state index contributed by atoms with van der Waals surface area (Å²) in [7, 11) is 0. The van der Waals surface area contributed by atoms with E-state index in [0.29, 0.717) is 24.0 Å². The summed E-state index contributed by atoms with van der Waals surface area (Å²) in [5, 5.41) is 42.5. The van der Waals surface area contributed by atoms with E-state index in [-0.39, 0.29) is 17.2 Å². The summed E-state index contributed by atoms with van der Waals surface area (Å²) in [6, 6.07) is 10.7. The van der Waals surface area contributed by atoms with Crippen LogP contribution in [0.3, 0.4) is 0 Å². The highest BCUT2D eigenvalue weighted by atomic mass is 16.6. The zero-order valence-electron chi connectivity index (χ0n) is 14.7. The zero-order chi connectivity index (χ0) is 20.4. The van der Waals surface area contributed by atoms with Gasteiger partial charge in [0.1, 0.15) is 5.78 Å². The van der Waals surface area contributed by atoms with Crippen molar-refractivity contribution in [2.45, 2.75) is 25.0 Å². The second-order valence-electron chi connectivity index (χ2n) is 6.78. The predicted octanol–water partition coefficient (Wildman–Crippen LogP) is 2.87. The van der Waals surface area contributed by atoms with Crippen LogP contribution in [0.4, 0.5) is 11.4 Å². The number of Topliss-reactive ketones (excluding diaryl/α,β-unsaturated/α-hetero) is 1. The molecule has 0 aromatic heterocycles. The lowest BCUT2D eigenvalue weighted by Gasteiger charge is -2.20. The Bertz CT molecular complexity index is 822. The molecule has 1 saturated carbocycles. The van der Waals surface area contributed by atoms with Crippen molar-refractivity contribution in [2.24, 2.45) is 11.8 Å². The Morgan fingerprint density at radius 2 is 1.07 bits per heavy atom. The van der Waals surface area contributed by atoms with Crippen molar-refractivity contribution in [1.29, 1.82) is 0 Å². The summed E-state index contributed by atoms with van der Waals surface area (Å²) in [4.78, 5) is 33.1. The van der Waals surface area contributed by atoms with Crippen molar-refractivity contribution in [1.82, 2.24) is 0 Å².